The van der Waals surface area contributed by atoms with Crippen LogP contribution in [0.15, 0.2) is 18.2 Å². The lowest BCUT2D eigenvalue weighted by atomic mass is 10.1. The largest absolute Gasteiger partial charge is 0.383 e. The second-order valence-electron chi connectivity index (χ2n) is 5.59. The van der Waals surface area contributed by atoms with E-state index < -0.39 is 6.04 Å². The molecule has 2 rings (SSSR count). The molecule has 0 spiro atoms. The number of carbonyl (C=O) groups is 1. The van der Waals surface area contributed by atoms with Crippen molar-refractivity contribution in [3.8, 4) is 0 Å². The molecule has 1 aromatic carbocycles. The fourth-order valence-electron chi connectivity index (χ4n) is 2.73. The van der Waals surface area contributed by atoms with Gasteiger partial charge in [0, 0.05) is 39.0 Å². The van der Waals surface area contributed by atoms with Gasteiger partial charge in [0.1, 0.15) is 6.04 Å². The van der Waals surface area contributed by atoms with Crippen molar-refractivity contribution in [3.63, 3.8) is 0 Å². The highest BCUT2D eigenvalue weighted by atomic mass is 16.5. The van der Waals surface area contributed by atoms with E-state index in [2.05, 4.69) is 36.9 Å². The Kier molecular flexibility index (Phi) is 5.20. The summed E-state index contributed by atoms with van der Waals surface area (Å²) in [7, 11) is 1.56. The maximum Gasteiger partial charge on any atom is 0.241 e. The Bertz CT molecular complexity index is 496. The van der Waals surface area contributed by atoms with Gasteiger partial charge in [0.05, 0.1) is 6.61 Å². The Labute approximate surface area is 126 Å². The lowest BCUT2D eigenvalue weighted by Crippen LogP contribution is -2.54. The first kappa shape index (κ1) is 15.8. The molecule has 21 heavy (non-hydrogen) atoms. The van der Waals surface area contributed by atoms with Gasteiger partial charge in [-0.25, -0.2) is 0 Å². The Morgan fingerprint density at radius 1 is 1.29 bits per heavy atom. The minimum Gasteiger partial charge on any atom is -0.383 e. The molecule has 0 aromatic heterocycles. The fourth-order valence-corrected chi connectivity index (χ4v) is 2.73. The van der Waals surface area contributed by atoms with Crippen LogP contribution in [0, 0.1) is 13.8 Å². The molecule has 1 amide bonds. The van der Waals surface area contributed by atoms with Gasteiger partial charge in [0.15, 0.2) is 0 Å². The zero-order valence-electron chi connectivity index (χ0n) is 13.1. The summed E-state index contributed by atoms with van der Waals surface area (Å²) in [5.74, 6) is -0.0162. The molecular formula is C16H25N3O2. The quantitative estimate of drug-likeness (QED) is 0.896. The van der Waals surface area contributed by atoms with Crippen LogP contribution >= 0.6 is 0 Å². The third-order valence-corrected chi connectivity index (χ3v) is 4.17. The number of hydrogen-bond acceptors (Lipinski definition) is 4. The van der Waals surface area contributed by atoms with Crippen LogP contribution in [-0.2, 0) is 9.53 Å². The van der Waals surface area contributed by atoms with E-state index in [0.29, 0.717) is 13.1 Å². The van der Waals surface area contributed by atoms with Gasteiger partial charge in [-0.2, -0.15) is 0 Å². The molecule has 1 fully saturated rings. The monoisotopic (exact) mass is 291 g/mol. The topological polar surface area (TPSA) is 58.8 Å². The van der Waals surface area contributed by atoms with Gasteiger partial charge < -0.3 is 20.3 Å². The van der Waals surface area contributed by atoms with E-state index in [1.165, 1.54) is 16.8 Å². The van der Waals surface area contributed by atoms with E-state index >= 15 is 0 Å². The molecule has 1 atom stereocenters. The van der Waals surface area contributed by atoms with Crippen molar-refractivity contribution in [2.45, 2.75) is 19.9 Å². The molecular weight excluding hydrogens is 266 g/mol. The van der Waals surface area contributed by atoms with Crippen LogP contribution in [0.5, 0.6) is 0 Å². The number of amides is 1. The van der Waals surface area contributed by atoms with E-state index in [0.717, 1.165) is 13.1 Å². The number of aryl methyl sites for hydroxylation is 1. The summed E-state index contributed by atoms with van der Waals surface area (Å²) < 4.78 is 4.95. The minimum absolute atomic E-state index is 0.0162. The number of methoxy groups -OCH3 is 1. The van der Waals surface area contributed by atoms with Crippen LogP contribution in [0.1, 0.15) is 11.1 Å². The van der Waals surface area contributed by atoms with E-state index in [1.807, 2.05) is 4.90 Å². The van der Waals surface area contributed by atoms with Gasteiger partial charge in [-0.3, -0.25) is 4.79 Å². The second-order valence-corrected chi connectivity index (χ2v) is 5.59. The average molecular weight is 291 g/mol. The van der Waals surface area contributed by atoms with E-state index in [-0.39, 0.29) is 12.5 Å². The average Bonchev–Trinajstić information content (AvgIpc) is 2.50. The Balaban J connectivity index is 1.97. The van der Waals surface area contributed by atoms with E-state index in [9.17, 15) is 4.79 Å². The first-order chi connectivity index (χ1) is 10.0. The summed E-state index contributed by atoms with van der Waals surface area (Å²) in [6, 6.07) is 5.81. The second kappa shape index (κ2) is 6.91. The minimum atomic E-state index is -0.553. The van der Waals surface area contributed by atoms with Gasteiger partial charge >= 0.3 is 0 Å². The third kappa shape index (κ3) is 3.54. The number of hydrogen-bond donors (Lipinski definition) is 1. The number of rotatable bonds is 4. The highest BCUT2D eigenvalue weighted by Gasteiger charge is 2.25. The van der Waals surface area contributed by atoms with Crippen LogP contribution in [0.25, 0.3) is 0 Å². The first-order valence-corrected chi connectivity index (χ1v) is 7.39. The van der Waals surface area contributed by atoms with Crippen LogP contribution < -0.4 is 10.6 Å². The molecule has 116 valence electrons. The third-order valence-electron chi connectivity index (χ3n) is 4.17. The predicted octanol–water partition coefficient (Wildman–Crippen LogP) is 0.926. The SMILES string of the molecule is COCC(N)C(=O)N1CCN(c2cccc(C)c2C)CC1. The van der Waals surface area contributed by atoms with Crippen LogP contribution in [0.2, 0.25) is 0 Å². The number of nitrogens with zero attached hydrogens (tertiary/aromatic N) is 2. The number of piperazine rings is 1. The van der Waals surface area contributed by atoms with Crippen LogP contribution in [0.3, 0.4) is 0 Å². The number of benzene rings is 1. The Hall–Kier alpha value is -1.59. The number of carbonyl (C=O) groups excluding carboxylic acids is 1. The fraction of sp³-hybridized carbons (Fsp3) is 0.562. The standard InChI is InChI=1S/C16H25N3O2/c1-12-5-4-6-15(13(12)2)18-7-9-19(10-8-18)16(20)14(17)11-21-3/h4-6,14H,7-11,17H2,1-3H3. The molecule has 0 aliphatic carbocycles. The molecule has 1 aliphatic heterocycles. The van der Waals surface area contributed by atoms with E-state index in [1.54, 1.807) is 7.11 Å². The Morgan fingerprint density at radius 3 is 2.57 bits per heavy atom. The van der Waals surface area contributed by atoms with Crippen molar-refractivity contribution >= 4 is 11.6 Å². The zero-order valence-corrected chi connectivity index (χ0v) is 13.1. The normalized spacial score (nSPS) is 17.0. The first-order valence-electron chi connectivity index (χ1n) is 7.39. The lowest BCUT2D eigenvalue weighted by Gasteiger charge is -2.37. The van der Waals surface area contributed by atoms with Gasteiger partial charge in [-0.15, -0.1) is 0 Å². The summed E-state index contributed by atoms with van der Waals surface area (Å²) in [6.07, 6.45) is 0. The summed E-state index contributed by atoms with van der Waals surface area (Å²) in [4.78, 5) is 16.3. The van der Waals surface area contributed by atoms with Gasteiger partial charge in [0.25, 0.3) is 0 Å². The molecule has 1 unspecified atom stereocenters. The molecule has 0 saturated carbocycles. The summed E-state index contributed by atoms with van der Waals surface area (Å²) in [5, 5.41) is 0. The van der Waals surface area contributed by atoms with Crippen molar-refractivity contribution in [2.75, 3.05) is 44.8 Å². The highest BCUT2D eigenvalue weighted by molar-refractivity contribution is 5.82. The van der Waals surface area contributed by atoms with Crippen molar-refractivity contribution in [3.05, 3.63) is 29.3 Å². The summed E-state index contributed by atoms with van der Waals surface area (Å²) in [6.45, 7) is 7.66. The van der Waals surface area contributed by atoms with Crippen molar-refractivity contribution in [1.82, 2.24) is 4.90 Å². The van der Waals surface area contributed by atoms with Gasteiger partial charge in [-0.1, -0.05) is 12.1 Å². The van der Waals surface area contributed by atoms with Gasteiger partial charge in [-0.05, 0) is 31.0 Å². The molecule has 1 aliphatic rings. The molecule has 1 heterocycles. The zero-order chi connectivity index (χ0) is 15.4. The molecule has 5 heteroatoms. The molecule has 1 aromatic rings. The smallest absolute Gasteiger partial charge is 0.241 e. The molecule has 1 saturated heterocycles. The molecule has 0 radical (unpaired) electrons. The van der Waals surface area contributed by atoms with Crippen LogP contribution in [-0.4, -0.2) is 56.7 Å². The van der Waals surface area contributed by atoms with E-state index in [4.69, 9.17) is 10.5 Å². The summed E-state index contributed by atoms with van der Waals surface area (Å²) >= 11 is 0. The molecule has 2 N–H and O–H groups in total. The van der Waals surface area contributed by atoms with Gasteiger partial charge in [0.2, 0.25) is 5.91 Å². The molecule has 5 nitrogen and oxygen atoms in total. The maximum absolute atomic E-state index is 12.2. The predicted molar refractivity (Wildman–Crippen MR) is 84.6 cm³/mol. The van der Waals surface area contributed by atoms with Crippen LogP contribution in [0.4, 0.5) is 5.69 Å². The molecule has 0 bridgehead atoms. The number of ether oxygens (including phenoxy) is 1. The van der Waals surface area contributed by atoms with Crippen molar-refractivity contribution in [2.24, 2.45) is 5.73 Å². The Morgan fingerprint density at radius 2 is 1.95 bits per heavy atom. The lowest BCUT2D eigenvalue weighted by molar-refractivity contribution is -0.134. The number of anilines is 1. The van der Waals surface area contributed by atoms with Crippen molar-refractivity contribution in [1.29, 1.82) is 0 Å². The number of nitrogens with two attached hydrogens (primary N) is 1. The summed E-state index contributed by atoms with van der Waals surface area (Å²) in [5.41, 5.74) is 9.70. The van der Waals surface area contributed by atoms with Crippen molar-refractivity contribution < 1.29 is 9.53 Å². The highest BCUT2D eigenvalue weighted by Crippen LogP contribution is 2.23. The maximum atomic E-state index is 12.2.